The van der Waals surface area contributed by atoms with Crippen LogP contribution in [0.2, 0.25) is 0 Å². The zero-order valence-corrected chi connectivity index (χ0v) is 20.3. The fraction of sp³-hybridized carbons (Fsp3) is 0.158. The molecule has 2 amide bonds. The molecule has 0 saturated carbocycles. The molecule has 1 fully saturated rings. The lowest BCUT2D eigenvalue weighted by atomic mass is 10.2. The zero-order chi connectivity index (χ0) is 22.7. The lowest BCUT2D eigenvalue weighted by Crippen LogP contribution is -2.27. The molecule has 1 aliphatic rings. The van der Waals surface area contributed by atoms with Crippen molar-refractivity contribution in [2.24, 2.45) is 0 Å². The molecule has 31 heavy (non-hydrogen) atoms. The number of rotatable bonds is 7. The van der Waals surface area contributed by atoms with Gasteiger partial charge in [-0.05, 0) is 80.6 Å². The van der Waals surface area contributed by atoms with Crippen molar-refractivity contribution in [1.82, 2.24) is 4.90 Å². The highest BCUT2D eigenvalue weighted by molar-refractivity contribution is 14.1. The van der Waals surface area contributed by atoms with Gasteiger partial charge in [-0.25, -0.2) is 9.59 Å². The highest BCUT2D eigenvalue weighted by Crippen LogP contribution is 2.38. The average molecular weight is 622 g/mol. The Bertz CT molecular complexity index is 1110. The fourth-order valence-corrected chi connectivity index (χ4v) is 5.07. The first-order valence-corrected chi connectivity index (χ1v) is 11.1. The van der Waals surface area contributed by atoms with E-state index in [2.05, 4.69) is 43.3 Å². The molecule has 1 saturated heterocycles. The number of esters is 1. The molecule has 0 bridgehead atoms. The van der Waals surface area contributed by atoms with Gasteiger partial charge in [0.05, 0.1) is 23.0 Å². The van der Waals surface area contributed by atoms with Gasteiger partial charge in [0.1, 0.15) is 11.5 Å². The number of carbonyl (C=O) groups excluding carboxylic acids is 3. The molecule has 0 aliphatic carbocycles. The number of ether oxygens (including phenoxy) is 2. The molecule has 3 rings (SSSR count). The summed E-state index contributed by atoms with van der Waals surface area (Å²) in [5.74, 6) is -1.93. The standard InChI is InChI=1S/C19H13BrINO8S/c1-28-18(26)13-3-2-11(30-13)7-22-17(25)14(31-19(22)27)5-9-4-10(21)6-12(20)16(9)29-8-15(23)24/h2-6H,7-8H2,1H3,(H,23,24)/b14-5+. The van der Waals surface area contributed by atoms with Crippen molar-refractivity contribution in [3.8, 4) is 5.75 Å². The molecule has 12 heteroatoms. The number of halogens is 2. The van der Waals surface area contributed by atoms with Crippen LogP contribution in [0.15, 0.2) is 38.1 Å². The van der Waals surface area contributed by atoms with Crippen LogP contribution in [0, 0.1) is 3.57 Å². The van der Waals surface area contributed by atoms with Crippen LogP contribution in [0.1, 0.15) is 21.9 Å². The third-order valence-electron chi connectivity index (χ3n) is 3.90. The quantitative estimate of drug-likeness (QED) is 0.276. The summed E-state index contributed by atoms with van der Waals surface area (Å²) >= 11 is 6.13. The summed E-state index contributed by atoms with van der Waals surface area (Å²) in [4.78, 5) is 48.7. The zero-order valence-electron chi connectivity index (χ0n) is 15.7. The van der Waals surface area contributed by atoms with Crippen LogP contribution in [0.5, 0.6) is 5.75 Å². The maximum atomic E-state index is 12.8. The van der Waals surface area contributed by atoms with Crippen molar-refractivity contribution in [3.05, 3.63) is 54.3 Å². The first-order valence-electron chi connectivity index (χ1n) is 8.45. The molecule has 1 aromatic carbocycles. The van der Waals surface area contributed by atoms with E-state index in [1.165, 1.54) is 25.3 Å². The van der Waals surface area contributed by atoms with E-state index in [1.54, 1.807) is 12.1 Å². The summed E-state index contributed by atoms with van der Waals surface area (Å²) < 4.78 is 16.5. The molecule has 2 heterocycles. The number of benzene rings is 1. The van der Waals surface area contributed by atoms with E-state index in [0.717, 1.165) is 20.2 Å². The van der Waals surface area contributed by atoms with Crippen molar-refractivity contribution in [1.29, 1.82) is 0 Å². The number of aliphatic carboxylic acids is 1. The monoisotopic (exact) mass is 621 g/mol. The van der Waals surface area contributed by atoms with Gasteiger partial charge in [-0.1, -0.05) is 0 Å². The van der Waals surface area contributed by atoms with Crippen LogP contribution in [0.4, 0.5) is 4.79 Å². The molecule has 1 N–H and O–H groups in total. The number of imide groups is 1. The van der Waals surface area contributed by atoms with E-state index in [0.29, 0.717) is 10.0 Å². The van der Waals surface area contributed by atoms with Crippen LogP contribution >= 0.6 is 50.3 Å². The summed E-state index contributed by atoms with van der Waals surface area (Å²) in [5.41, 5.74) is 0.441. The van der Waals surface area contributed by atoms with E-state index in [-0.39, 0.29) is 28.7 Å². The van der Waals surface area contributed by atoms with Gasteiger partial charge in [0, 0.05) is 9.13 Å². The number of nitrogens with zero attached hydrogens (tertiary/aromatic N) is 1. The molecule has 2 aromatic rings. The summed E-state index contributed by atoms with van der Waals surface area (Å²) in [5, 5.41) is 8.39. The summed E-state index contributed by atoms with van der Waals surface area (Å²) in [7, 11) is 1.21. The van der Waals surface area contributed by atoms with Crippen molar-refractivity contribution in [2.75, 3.05) is 13.7 Å². The van der Waals surface area contributed by atoms with Gasteiger partial charge in [-0.15, -0.1) is 0 Å². The number of hydrogen-bond donors (Lipinski definition) is 1. The van der Waals surface area contributed by atoms with E-state index < -0.39 is 29.7 Å². The molecular formula is C19H13BrINO8S. The Morgan fingerprint density at radius 3 is 2.74 bits per heavy atom. The molecule has 162 valence electrons. The van der Waals surface area contributed by atoms with Gasteiger partial charge in [-0.3, -0.25) is 14.5 Å². The van der Waals surface area contributed by atoms with E-state index in [1.807, 2.05) is 0 Å². The number of carboxylic acids is 1. The first kappa shape index (κ1) is 23.3. The Kier molecular flexibility index (Phi) is 7.43. The van der Waals surface area contributed by atoms with Gasteiger partial charge < -0.3 is 19.0 Å². The fourth-order valence-electron chi connectivity index (χ4n) is 2.58. The number of carboxylic acid groups (broad SMARTS) is 1. The van der Waals surface area contributed by atoms with Crippen LogP contribution in [-0.4, -0.2) is 46.8 Å². The van der Waals surface area contributed by atoms with Crippen LogP contribution in [-0.2, 0) is 20.9 Å². The first-order chi connectivity index (χ1) is 14.7. The minimum absolute atomic E-state index is 0.0380. The predicted molar refractivity (Wildman–Crippen MR) is 122 cm³/mol. The van der Waals surface area contributed by atoms with Gasteiger partial charge in [0.2, 0.25) is 5.76 Å². The molecule has 0 spiro atoms. The Morgan fingerprint density at radius 1 is 1.32 bits per heavy atom. The summed E-state index contributed by atoms with van der Waals surface area (Å²) in [6.07, 6.45) is 1.47. The van der Waals surface area contributed by atoms with Crippen molar-refractivity contribution in [3.63, 3.8) is 0 Å². The molecule has 9 nitrogen and oxygen atoms in total. The molecular weight excluding hydrogens is 609 g/mol. The van der Waals surface area contributed by atoms with Gasteiger partial charge >= 0.3 is 11.9 Å². The average Bonchev–Trinajstić information content (AvgIpc) is 3.27. The molecule has 0 atom stereocenters. The van der Waals surface area contributed by atoms with Gasteiger partial charge in [0.15, 0.2) is 6.61 Å². The number of furan rings is 1. The minimum atomic E-state index is -1.15. The normalized spacial score (nSPS) is 14.9. The lowest BCUT2D eigenvalue weighted by molar-refractivity contribution is -0.139. The predicted octanol–water partition coefficient (Wildman–Crippen LogP) is 4.13. The van der Waals surface area contributed by atoms with E-state index >= 15 is 0 Å². The van der Waals surface area contributed by atoms with Crippen LogP contribution < -0.4 is 4.74 Å². The van der Waals surface area contributed by atoms with Gasteiger partial charge in [-0.2, -0.15) is 0 Å². The van der Waals surface area contributed by atoms with Crippen molar-refractivity contribution in [2.45, 2.75) is 6.54 Å². The minimum Gasteiger partial charge on any atom is -0.480 e. The van der Waals surface area contributed by atoms with Crippen molar-refractivity contribution >= 4 is 79.4 Å². The molecule has 0 unspecified atom stereocenters. The summed E-state index contributed by atoms with van der Waals surface area (Å²) in [6.45, 7) is -0.722. The number of thioether (sulfide) groups is 1. The Labute approximate surface area is 202 Å². The topological polar surface area (TPSA) is 123 Å². The second-order valence-electron chi connectivity index (χ2n) is 6.01. The maximum Gasteiger partial charge on any atom is 0.373 e. The Hall–Kier alpha value is -2.32. The summed E-state index contributed by atoms with van der Waals surface area (Å²) in [6, 6.07) is 6.31. The van der Waals surface area contributed by atoms with Crippen molar-refractivity contribution < 1.29 is 38.2 Å². The third-order valence-corrected chi connectivity index (χ3v) is 6.02. The lowest BCUT2D eigenvalue weighted by Gasteiger charge is -2.11. The van der Waals surface area contributed by atoms with E-state index in [4.69, 9.17) is 14.3 Å². The second kappa shape index (κ2) is 9.87. The number of amides is 2. The highest BCUT2D eigenvalue weighted by atomic mass is 127. The second-order valence-corrected chi connectivity index (χ2v) is 9.11. The number of carbonyl (C=O) groups is 4. The van der Waals surface area contributed by atoms with Crippen LogP contribution in [0.3, 0.4) is 0 Å². The number of methoxy groups -OCH3 is 1. The SMILES string of the molecule is COC(=O)c1ccc(CN2C(=O)S/C(=C/c3cc(I)cc(Br)c3OCC(=O)O)C2=O)o1. The maximum absolute atomic E-state index is 12.8. The molecule has 1 aliphatic heterocycles. The molecule has 1 aromatic heterocycles. The Morgan fingerprint density at radius 2 is 2.06 bits per heavy atom. The number of hydrogen-bond acceptors (Lipinski definition) is 8. The Balaban J connectivity index is 1.86. The highest BCUT2D eigenvalue weighted by Gasteiger charge is 2.36. The van der Waals surface area contributed by atoms with Gasteiger partial charge in [0.25, 0.3) is 11.1 Å². The third kappa shape index (κ3) is 5.49. The van der Waals surface area contributed by atoms with E-state index in [9.17, 15) is 19.2 Å². The molecule has 0 radical (unpaired) electrons. The smallest absolute Gasteiger partial charge is 0.373 e. The van der Waals surface area contributed by atoms with Crippen LogP contribution in [0.25, 0.3) is 6.08 Å². The largest absolute Gasteiger partial charge is 0.480 e.